The van der Waals surface area contributed by atoms with Crippen molar-refractivity contribution in [3.8, 4) is 17.2 Å². The van der Waals surface area contributed by atoms with E-state index >= 15 is 0 Å². The van der Waals surface area contributed by atoms with Gasteiger partial charge in [0, 0.05) is 30.6 Å². The van der Waals surface area contributed by atoms with Crippen LogP contribution in [0.2, 0.25) is 0 Å². The summed E-state index contributed by atoms with van der Waals surface area (Å²) in [7, 11) is 3.10. The molecule has 4 aromatic rings. The number of rotatable bonds is 7. The van der Waals surface area contributed by atoms with Crippen LogP contribution in [-0.2, 0) is 6.42 Å². The quantitative estimate of drug-likeness (QED) is 0.330. The predicted molar refractivity (Wildman–Crippen MR) is 137 cm³/mol. The first kappa shape index (κ1) is 24.7. The zero-order valence-corrected chi connectivity index (χ0v) is 21.0. The minimum absolute atomic E-state index is 0.347. The number of methoxy groups -OCH3 is 2. The van der Waals surface area contributed by atoms with E-state index < -0.39 is 6.09 Å². The van der Waals surface area contributed by atoms with Crippen molar-refractivity contribution in [1.82, 2.24) is 15.0 Å². The summed E-state index contributed by atoms with van der Waals surface area (Å²) in [6.07, 6.45) is 3.25. The molecule has 1 amide bonds. The van der Waals surface area contributed by atoms with Crippen LogP contribution in [0.4, 0.5) is 16.3 Å². The summed E-state index contributed by atoms with van der Waals surface area (Å²) >= 11 is 0. The predicted octanol–water partition coefficient (Wildman–Crippen LogP) is 5.74. The minimum atomic E-state index is -0.627. The van der Waals surface area contributed by atoms with Gasteiger partial charge in [-0.3, -0.25) is 4.98 Å². The molecule has 8 heteroatoms. The number of carbonyl (C=O) groups excluding carboxylic acids is 1. The Hall–Kier alpha value is -4.46. The van der Waals surface area contributed by atoms with Crippen LogP contribution in [0.5, 0.6) is 17.2 Å². The molecular formula is C28H28N4O4. The summed E-state index contributed by atoms with van der Waals surface area (Å²) in [6, 6.07) is 16.5. The van der Waals surface area contributed by atoms with Crippen molar-refractivity contribution in [2.75, 3.05) is 19.1 Å². The Labute approximate surface area is 210 Å². The lowest BCUT2D eigenvalue weighted by molar-refractivity contribution is 0.209. The minimum Gasteiger partial charge on any atom is -0.497 e. The van der Waals surface area contributed by atoms with Gasteiger partial charge in [-0.05, 0) is 61.7 Å². The molecule has 2 heterocycles. The third-order valence-corrected chi connectivity index (χ3v) is 5.66. The summed E-state index contributed by atoms with van der Waals surface area (Å²) < 4.78 is 16.8. The first-order chi connectivity index (χ1) is 17.4. The summed E-state index contributed by atoms with van der Waals surface area (Å²) in [6.45, 7) is 5.72. The second-order valence-electron chi connectivity index (χ2n) is 8.28. The van der Waals surface area contributed by atoms with Gasteiger partial charge in [0.05, 0.1) is 19.9 Å². The summed E-state index contributed by atoms with van der Waals surface area (Å²) in [5, 5.41) is 0. The molecule has 0 spiro atoms. The van der Waals surface area contributed by atoms with Gasteiger partial charge >= 0.3 is 6.09 Å². The van der Waals surface area contributed by atoms with E-state index in [4.69, 9.17) is 19.2 Å². The Balaban J connectivity index is 1.77. The van der Waals surface area contributed by atoms with E-state index in [1.54, 1.807) is 43.8 Å². The molecule has 0 saturated carbocycles. The second-order valence-corrected chi connectivity index (χ2v) is 8.28. The highest BCUT2D eigenvalue weighted by Gasteiger charge is 2.26. The van der Waals surface area contributed by atoms with Crippen LogP contribution in [0.3, 0.4) is 0 Å². The van der Waals surface area contributed by atoms with Crippen LogP contribution in [0.1, 0.15) is 28.2 Å². The van der Waals surface area contributed by atoms with E-state index in [0.717, 1.165) is 22.4 Å². The van der Waals surface area contributed by atoms with Crippen molar-refractivity contribution < 1.29 is 19.0 Å². The number of hydrogen-bond acceptors (Lipinski definition) is 7. The van der Waals surface area contributed by atoms with Crippen molar-refractivity contribution >= 4 is 17.6 Å². The van der Waals surface area contributed by atoms with Gasteiger partial charge in [0.1, 0.15) is 28.9 Å². The van der Waals surface area contributed by atoms with E-state index in [0.29, 0.717) is 41.0 Å². The number of ether oxygens (including phenoxy) is 3. The smallest absolute Gasteiger partial charge is 0.425 e. The Morgan fingerprint density at radius 2 is 1.69 bits per heavy atom. The highest BCUT2D eigenvalue weighted by atomic mass is 16.6. The molecule has 184 valence electrons. The van der Waals surface area contributed by atoms with Crippen molar-refractivity contribution in [1.29, 1.82) is 0 Å². The van der Waals surface area contributed by atoms with Gasteiger partial charge < -0.3 is 14.2 Å². The molecule has 36 heavy (non-hydrogen) atoms. The van der Waals surface area contributed by atoms with Crippen LogP contribution in [0.25, 0.3) is 0 Å². The normalized spacial score (nSPS) is 10.6. The Morgan fingerprint density at radius 1 is 0.917 bits per heavy atom. The summed E-state index contributed by atoms with van der Waals surface area (Å²) in [5.74, 6) is 2.40. The number of benzene rings is 2. The van der Waals surface area contributed by atoms with Crippen LogP contribution in [0, 0.1) is 20.8 Å². The summed E-state index contributed by atoms with van der Waals surface area (Å²) in [4.78, 5) is 28.5. The van der Waals surface area contributed by atoms with Crippen molar-refractivity contribution in [2.45, 2.75) is 27.2 Å². The lowest BCUT2D eigenvalue weighted by Gasteiger charge is -2.24. The number of aromatic nitrogens is 3. The first-order valence-electron chi connectivity index (χ1n) is 11.4. The molecule has 0 bridgehead atoms. The lowest BCUT2D eigenvalue weighted by atomic mass is 10.1. The molecule has 2 aromatic carbocycles. The number of hydrogen-bond donors (Lipinski definition) is 0. The SMILES string of the molecule is COc1ccc(N(C(=O)Oc2c(C)cccc2C)c2ccnc(Cc3ccc(C)nc3)n2)c(OC)c1. The standard InChI is InChI=1S/C28H28N4O4/c1-18-7-6-8-19(2)27(18)36-28(33)32(23-12-11-22(34-4)16-24(23)35-5)26-13-14-29-25(31-26)15-21-10-9-20(3)30-17-21/h6-14,16-17H,15H2,1-5H3. The topological polar surface area (TPSA) is 86.7 Å². The van der Waals surface area contributed by atoms with Crippen LogP contribution < -0.4 is 19.1 Å². The second kappa shape index (κ2) is 10.9. The van der Waals surface area contributed by atoms with E-state index in [9.17, 15) is 4.79 Å². The summed E-state index contributed by atoms with van der Waals surface area (Å²) in [5.41, 5.74) is 4.04. The van der Waals surface area contributed by atoms with E-state index in [2.05, 4.69) is 9.97 Å². The molecule has 0 N–H and O–H groups in total. The molecule has 2 aromatic heterocycles. The number of carbonyl (C=O) groups is 1. The molecule has 0 saturated heterocycles. The van der Waals surface area contributed by atoms with Gasteiger partial charge in [0.2, 0.25) is 0 Å². The molecule has 0 aliphatic rings. The largest absolute Gasteiger partial charge is 0.497 e. The number of anilines is 2. The van der Waals surface area contributed by atoms with Gasteiger partial charge in [-0.15, -0.1) is 0 Å². The van der Waals surface area contributed by atoms with E-state index in [1.807, 2.05) is 51.1 Å². The molecular weight excluding hydrogens is 456 g/mol. The average Bonchev–Trinajstić information content (AvgIpc) is 2.88. The highest BCUT2D eigenvalue weighted by molar-refractivity contribution is 5.98. The zero-order chi connectivity index (χ0) is 25.7. The molecule has 0 unspecified atom stereocenters. The molecule has 8 nitrogen and oxygen atoms in total. The van der Waals surface area contributed by atoms with E-state index in [1.165, 1.54) is 12.0 Å². The van der Waals surface area contributed by atoms with Crippen molar-refractivity contribution in [2.24, 2.45) is 0 Å². The monoisotopic (exact) mass is 484 g/mol. The van der Waals surface area contributed by atoms with E-state index in [-0.39, 0.29) is 0 Å². The molecule has 0 aliphatic carbocycles. The number of pyridine rings is 1. The first-order valence-corrected chi connectivity index (χ1v) is 11.4. The van der Waals surface area contributed by atoms with Crippen molar-refractivity contribution in [3.05, 3.63) is 95.2 Å². The fourth-order valence-corrected chi connectivity index (χ4v) is 3.76. The van der Waals surface area contributed by atoms with Gasteiger partial charge in [-0.25, -0.2) is 19.7 Å². The molecule has 0 atom stereocenters. The van der Waals surface area contributed by atoms with Crippen LogP contribution in [0.15, 0.2) is 67.0 Å². The Morgan fingerprint density at radius 3 is 2.36 bits per heavy atom. The Bertz CT molecular complexity index is 1350. The number of nitrogens with zero attached hydrogens (tertiary/aromatic N) is 4. The fraction of sp³-hybridized carbons (Fsp3) is 0.214. The molecule has 0 aliphatic heterocycles. The third-order valence-electron chi connectivity index (χ3n) is 5.66. The molecule has 0 radical (unpaired) electrons. The maximum Gasteiger partial charge on any atom is 0.425 e. The number of para-hydroxylation sites is 1. The van der Waals surface area contributed by atoms with Gasteiger partial charge in [0.15, 0.2) is 0 Å². The van der Waals surface area contributed by atoms with Gasteiger partial charge in [0.25, 0.3) is 0 Å². The highest BCUT2D eigenvalue weighted by Crippen LogP contribution is 2.37. The third kappa shape index (κ3) is 5.43. The van der Waals surface area contributed by atoms with Crippen LogP contribution in [-0.4, -0.2) is 35.3 Å². The maximum absolute atomic E-state index is 13.7. The fourth-order valence-electron chi connectivity index (χ4n) is 3.76. The van der Waals surface area contributed by atoms with Crippen molar-refractivity contribution in [3.63, 3.8) is 0 Å². The van der Waals surface area contributed by atoms with Gasteiger partial charge in [-0.2, -0.15) is 0 Å². The average molecular weight is 485 g/mol. The lowest BCUT2D eigenvalue weighted by Crippen LogP contribution is -2.31. The zero-order valence-electron chi connectivity index (χ0n) is 21.0. The molecule has 4 rings (SSSR count). The maximum atomic E-state index is 13.7. The molecule has 0 fully saturated rings. The van der Waals surface area contributed by atoms with Crippen LogP contribution >= 0.6 is 0 Å². The number of amides is 1. The van der Waals surface area contributed by atoms with Gasteiger partial charge in [-0.1, -0.05) is 24.3 Å². The Kier molecular flexibility index (Phi) is 7.44. The number of aryl methyl sites for hydroxylation is 3.